The second kappa shape index (κ2) is 7.82. The van der Waals surface area contributed by atoms with Crippen molar-refractivity contribution in [3.05, 3.63) is 35.4 Å². The van der Waals surface area contributed by atoms with Gasteiger partial charge in [0.1, 0.15) is 5.60 Å². The van der Waals surface area contributed by atoms with Gasteiger partial charge in [-0.25, -0.2) is 4.79 Å². The first kappa shape index (κ1) is 17.8. The van der Waals surface area contributed by atoms with Crippen LogP contribution in [-0.4, -0.2) is 35.7 Å². The predicted octanol–water partition coefficient (Wildman–Crippen LogP) is 3.74. The lowest BCUT2D eigenvalue weighted by molar-refractivity contribution is 0.0236. The average Bonchev–Trinajstić information content (AvgIpc) is 3.30. The first-order chi connectivity index (χ1) is 10.9. The Balaban J connectivity index is 1.75. The van der Waals surface area contributed by atoms with Gasteiger partial charge in [-0.1, -0.05) is 31.2 Å². The number of rotatable bonds is 7. The minimum Gasteiger partial charge on any atom is -0.444 e. The molecule has 0 saturated heterocycles. The molecule has 0 aliphatic heterocycles. The van der Waals surface area contributed by atoms with Crippen LogP contribution >= 0.6 is 0 Å². The lowest BCUT2D eigenvalue weighted by atomic mass is 10.1. The molecule has 1 aliphatic carbocycles. The zero-order valence-electron chi connectivity index (χ0n) is 14.9. The number of nitrogens with zero attached hydrogens (tertiary/aromatic N) is 1. The first-order valence-corrected chi connectivity index (χ1v) is 8.67. The number of aryl methyl sites for hydroxylation is 1. The van der Waals surface area contributed by atoms with E-state index in [2.05, 4.69) is 36.5 Å². The molecular formula is C19H30N2O2. The van der Waals surface area contributed by atoms with Gasteiger partial charge >= 0.3 is 6.09 Å². The topological polar surface area (TPSA) is 41.6 Å². The van der Waals surface area contributed by atoms with Gasteiger partial charge < -0.3 is 15.0 Å². The first-order valence-electron chi connectivity index (χ1n) is 8.67. The van der Waals surface area contributed by atoms with E-state index in [1.807, 2.05) is 25.7 Å². The number of nitrogens with one attached hydrogen (secondary N) is 1. The van der Waals surface area contributed by atoms with E-state index in [1.165, 1.54) is 11.1 Å². The summed E-state index contributed by atoms with van der Waals surface area (Å²) in [5, 5.41) is 3.42. The van der Waals surface area contributed by atoms with Crippen molar-refractivity contribution in [2.45, 2.75) is 65.1 Å². The van der Waals surface area contributed by atoms with Crippen LogP contribution in [0, 0.1) is 0 Å². The Morgan fingerprint density at radius 1 is 1.22 bits per heavy atom. The molecule has 23 heavy (non-hydrogen) atoms. The smallest absolute Gasteiger partial charge is 0.410 e. The van der Waals surface area contributed by atoms with Crippen LogP contribution in [0.15, 0.2) is 24.3 Å². The molecule has 1 N–H and O–H groups in total. The van der Waals surface area contributed by atoms with E-state index in [9.17, 15) is 4.79 Å². The normalized spacial score (nSPS) is 14.6. The summed E-state index contributed by atoms with van der Waals surface area (Å²) in [6, 6.07) is 9.05. The van der Waals surface area contributed by atoms with E-state index < -0.39 is 5.60 Å². The highest BCUT2D eigenvalue weighted by molar-refractivity contribution is 5.69. The molecule has 1 fully saturated rings. The maximum Gasteiger partial charge on any atom is 0.410 e. The number of hydrogen-bond acceptors (Lipinski definition) is 3. The highest BCUT2D eigenvalue weighted by Gasteiger charge is 2.34. The van der Waals surface area contributed by atoms with E-state index in [1.54, 1.807) is 0 Å². The van der Waals surface area contributed by atoms with E-state index in [-0.39, 0.29) is 6.09 Å². The van der Waals surface area contributed by atoms with Crippen molar-refractivity contribution in [2.75, 3.05) is 13.1 Å². The third kappa shape index (κ3) is 6.22. The van der Waals surface area contributed by atoms with Crippen molar-refractivity contribution < 1.29 is 9.53 Å². The Kier molecular flexibility index (Phi) is 6.05. The van der Waals surface area contributed by atoms with Gasteiger partial charge in [0.15, 0.2) is 0 Å². The summed E-state index contributed by atoms with van der Waals surface area (Å²) < 4.78 is 5.50. The number of carbonyl (C=O) groups excluding carboxylic acids is 1. The summed E-state index contributed by atoms with van der Waals surface area (Å²) in [5.74, 6) is 0. The Morgan fingerprint density at radius 3 is 2.35 bits per heavy atom. The van der Waals surface area contributed by atoms with Gasteiger partial charge in [-0.3, -0.25) is 0 Å². The summed E-state index contributed by atoms with van der Waals surface area (Å²) in [7, 11) is 0. The average molecular weight is 318 g/mol. The van der Waals surface area contributed by atoms with Crippen molar-refractivity contribution in [1.29, 1.82) is 0 Å². The highest BCUT2D eigenvalue weighted by Crippen LogP contribution is 2.28. The van der Waals surface area contributed by atoms with Crippen LogP contribution in [-0.2, 0) is 17.7 Å². The lowest BCUT2D eigenvalue weighted by Crippen LogP contribution is -2.41. The molecule has 0 aromatic heterocycles. The lowest BCUT2D eigenvalue weighted by Gasteiger charge is -2.27. The maximum atomic E-state index is 12.3. The quantitative estimate of drug-likeness (QED) is 0.779. The molecule has 0 heterocycles. The Morgan fingerprint density at radius 2 is 1.83 bits per heavy atom. The zero-order valence-corrected chi connectivity index (χ0v) is 14.9. The van der Waals surface area contributed by atoms with Gasteiger partial charge in [0.25, 0.3) is 0 Å². The number of carbonyl (C=O) groups is 1. The molecule has 1 saturated carbocycles. The molecule has 4 heteroatoms. The van der Waals surface area contributed by atoms with Crippen molar-refractivity contribution in [2.24, 2.45) is 0 Å². The van der Waals surface area contributed by atoms with E-state index >= 15 is 0 Å². The van der Waals surface area contributed by atoms with E-state index in [0.717, 1.165) is 32.4 Å². The largest absolute Gasteiger partial charge is 0.444 e. The fourth-order valence-electron chi connectivity index (χ4n) is 2.45. The van der Waals surface area contributed by atoms with Gasteiger partial charge in [0.05, 0.1) is 0 Å². The summed E-state index contributed by atoms with van der Waals surface area (Å²) in [6.07, 6.45) is 3.07. The number of amides is 1. The van der Waals surface area contributed by atoms with Crippen molar-refractivity contribution in [1.82, 2.24) is 10.2 Å². The molecule has 1 amide bonds. The Bertz CT molecular complexity index is 501. The van der Waals surface area contributed by atoms with Gasteiger partial charge in [0.2, 0.25) is 0 Å². The maximum absolute atomic E-state index is 12.3. The fourth-order valence-corrected chi connectivity index (χ4v) is 2.45. The molecule has 1 aliphatic rings. The molecule has 1 aromatic rings. The van der Waals surface area contributed by atoms with Gasteiger partial charge in [-0.15, -0.1) is 0 Å². The second-order valence-corrected chi connectivity index (χ2v) is 7.25. The second-order valence-electron chi connectivity index (χ2n) is 7.25. The summed E-state index contributed by atoms with van der Waals surface area (Å²) in [5.41, 5.74) is 2.20. The predicted molar refractivity (Wildman–Crippen MR) is 93.5 cm³/mol. The zero-order chi connectivity index (χ0) is 16.9. The van der Waals surface area contributed by atoms with Gasteiger partial charge in [-0.2, -0.15) is 0 Å². The molecule has 4 nitrogen and oxygen atoms in total. The van der Waals surface area contributed by atoms with E-state index in [4.69, 9.17) is 4.74 Å². The van der Waals surface area contributed by atoms with Crippen LogP contribution in [0.4, 0.5) is 4.79 Å². The number of hydrogen-bond donors (Lipinski definition) is 1. The van der Waals surface area contributed by atoms with Crippen molar-refractivity contribution in [3.63, 3.8) is 0 Å². The van der Waals surface area contributed by atoms with Crippen LogP contribution < -0.4 is 5.32 Å². The molecule has 0 bridgehead atoms. The SMILES string of the molecule is CCc1ccc(CNCCN(C(=O)OC(C)(C)C)C2CC2)cc1. The molecule has 0 atom stereocenters. The standard InChI is InChI=1S/C19H30N2O2/c1-5-15-6-8-16(9-7-15)14-20-12-13-21(17-10-11-17)18(22)23-19(2,3)4/h6-9,17,20H,5,10-14H2,1-4H3. The van der Waals surface area contributed by atoms with Crippen molar-refractivity contribution >= 4 is 6.09 Å². The van der Waals surface area contributed by atoms with Crippen LogP contribution in [0.2, 0.25) is 0 Å². The summed E-state index contributed by atoms with van der Waals surface area (Å²) in [4.78, 5) is 14.1. The molecule has 0 spiro atoms. The summed E-state index contributed by atoms with van der Waals surface area (Å²) >= 11 is 0. The van der Waals surface area contributed by atoms with Gasteiger partial charge in [0, 0.05) is 25.7 Å². The highest BCUT2D eigenvalue weighted by atomic mass is 16.6. The summed E-state index contributed by atoms with van der Waals surface area (Å²) in [6.45, 7) is 10.2. The molecule has 0 radical (unpaired) electrons. The number of ether oxygens (including phenoxy) is 1. The van der Waals surface area contributed by atoms with E-state index in [0.29, 0.717) is 12.6 Å². The van der Waals surface area contributed by atoms with Crippen LogP contribution in [0.3, 0.4) is 0 Å². The van der Waals surface area contributed by atoms with Crippen LogP contribution in [0.5, 0.6) is 0 Å². The molecule has 1 aromatic carbocycles. The van der Waals surface area contributed by atoms with Crippen LogP contribution in [0.25, 0.3) is 0 Å². The van der Waals surface area contributed by atoms with Gasteiger partial charge in [-0.05, 0) is 51.2 Å². The van der Waals surface area contributed by atoms with Crippen molar-refractivity contribution in [3.8, 4) is 0 Å². The molecule has 128 valence electrons. The monoisotopic (exact) mass is 318 g/mol. The molecule has 2 rings (SSSR count). The Labute approximate surface area is 140 Å². The Hall–Kier alpha value is -1.55. The minimum absolute atomic E-state index is 0.186. The third-order valence-corrected chi connectivity index (χ3v) is 3.91. The molecular weight excluding hydrogens is 288 g/mol. The van der Waals surface area contributed by atoms with Crippen LogP contribution in [0.1, 0.15) is 51.7 Å². The third-order valence-electron chi connectivity index (χ3n) is 3.91. The minimum atomic E-state index is -0.432. The fraction of sp³-hybridized carbons (Fsp3) is 0.632. The number of benzene rings is 1. The molecule has 0 unspecified atom stereocenters.